The molecule has 5 nitrogen and oxygen atoms in total. The average Bonchev–Trinajstić information content (AvgIpc) is 2.63. The van der Waals surface area contributed by atoms with Gasteiger partial charge >= 0.3 is 5.97 Å². The molecule has 0 aliphatic heterocycles. The van der Waals surface area contributed by atoms with Crippen molar-refractivity contribution < 1.29 is 19.1 Å². The first-order chi connectivity index (χ1) is 7.04. The van der Waals surface area contributed by atoms with Crippen LogP contribution in [-0.4, -0.2) is 29.6 Å². The van der Waals surface area contributed by atoms with Gasteiger partial charge in [0.15, 0.2) is 10.8 Å². The summed E-state index contributed by atoms with van der Waals surface area (Å²) in [5.74, 6) is -2.31. The zero-order valence-electron chi connectivity index (χ0n) is 8.27. The third-order valence-electron chi connectivity index (χ3n) is 1.59. The number of carbonyl (C=O) groups excluding carboxylic acids is 3. The normalized spacial score (nSPS) is 9.73. The summed E-state index contributed by atoms with van der Waals surface area (Å²) in [6, 6.07) is 0. The molecule has 0 unspecified atom stereocenters. The molecule has 0 bridgehead atoms. The van der Waals surface area contributed by atoms with Gasteiger partial charge in [-0.1, -0.05) is 0 Å². The highest BCUT2D eigenvalue weighted by molar-refractivity contribution is 7.13. The van der Waals surface area contributed by atoms with E-state index in [2.05, 4.69) is 9.72 Å². The van der Waals surface area contributed by atoms with Gasteiger partial charge in [0.05, 0.1) is 13.5 Å². The predicted molar refractivity (Wildman–Crippen MR) is 52.8 cm³/mol. The fourth-order valence-corrected chi connectivity index (χ4v) is 1.59. The lowest BCUT2D eigenvalue weighted by Crippen LogP contribution is -2.19. The second-order valence-electron chi connectivity index (χ2n) is 2.79. The van der Waals surface area contributed by atoms with E-state index in [0.717, 1.165) is 12.0 Å². The van der Waals surface area contributed by atoms with Gasteiger partial charge in [0, 0.05) is 11.1 Å². The first-order valence-electron chi connectivity index (χ1n) is 4.11. The molecule has 1 aromatic rings. The van der Waals surface area contributed by atoms with Gasteiger partial charge in [-0.05, 0) is 6.92 Å². The minimum atomic E-state index is -1.00. The van der Waals surface area contributed by atoms with Gasteiger partial charge in [0.1, 0.15) is 0 Å². The monoisotopic (exact) mass is 227 g/mol. The minimum absolute atomic E-state index is 0.241. The highest BCUT2D eigenvalue weighted by Gasteiger charge is 2.20. The number of rotatable bonds is 4. The third-order valence-corrected chi connectivity index (χ3v) is 2.55. The maximum Gasteiger partial charge on any atom is 0.374 e. The molecule has 0 saturated carbocycles. The van der Waals surface area contributed by atoms with Crippen molar-refractivity contribution in [2.45, 2.75) is 13.3 Å². The van der Waals surface area contributed by atoms with Crippen molar-refractivity contribution in [2.75, 3.05) is 7.11 Å². The van der Waals surface area contributed by atoms with E-state index in [9.17, 15) is 14.4 Å². The summed E-state index contributed by atoms with van der Waals surface area (Å²) >= 11 is 1.19. The number of ether oxygens (including phenoxy) is 1. The largest absolute Gasteiger partial charge is 0.463 e. The number of carbonyl (C=O) groups is 3. The number of methoxy groups -OCH3 is 1. The van der Waals surface area contributed by atoms with Crippen LogP contribution in [-0.2, 0) is 14.3 Å². The van der Waals surface area contributed by atoms with Crippen LogP contribution in [0.4, 0.5) is 0 Å². The molecule has 0 aromatic carbocycles. The Bertz CT molecular complexity index is 410. The molecule has 1 heterocycles. The second-order valence-corrected chi connectivity index (χ2v) is 4.03. The average molecular weight is 227 g/mol. The van der Waals surface area contributed by atoms with Crippen LogP contribution in [0.3, 0.4) is 0 Å². The van der Waals surface area contributed by atoms with E-state index >= 15 is 0 Å². The van der Waals surface area contributed by atoms with Gasteiger partial charge in [-0.25, -0.2) is 9.78 Å². The molecule has 0 spiro atoms. The van der Waals surface area contributed by atoms with Crippen LogP contribution in [0.2, 0.25) is 0 Å². The zero-order chi connectivity index (χ0) is 11.4. The van der Waals surface area contributed by atoms with Gasteiger partial charge in [-0.15, -0.1) is 11.3 Å². The number of Topliss-reactive ketones (excluding diaryl/α,β-unsaturated/α-hetero) is 2. The smallest absolute Gasteiger partial charge is 0.374 e. The van der Waals surface area contributed by atoms with Crippen LogP contribution >= 0.6 is 11.3 Å². The number of ketones is 2. The van der Waals surface area contributed by atoms with E-state index in [1.54, 1.807) is 13.1 Å². The predicted octanol–water partition coefficient (Wildman–Crippen LogP) is 0.766. The Kier molecular flexibility index (Phi) is 3.68. The lowest BCUT2D eigenvalue weighted by molar-refractivity contribution is -0.151. The van der Waals surface area contributed by atoms with Crippen LogP contribution in [0.15, 0.2) is 6.20 Å². The van der Waals surface area contributed by atoms with Crippen molar-refractivity contribution >= 4 is 28.9 Å². The molecule has 1 rings (SSSR count). The maximum atomic E-state index is 11.4. The highest BCUT2D eigenvalue weighted by atomic mass is 32.1. The summed E-state index contributed by atoms with van der Waals surface area (Å²) in [5, 5.41) is 0.241. The minimum Gasteiger partial charge on any atom is -0.463 e. The number of aryl methyl sites for hydroxylation is 1. The molecule has 0 radical (unpaired) electrons. The zero-order valence-corrected chi connectivity index (χ0v) is 9.09. The summed E-state index contributed by atoms with van der Waals surface area (Å²) in [5.41, 5.74) is 0. The second kappa shape index (κ2) is 4.79. The van der Waals surface area contributed by atoms with Gasteiger partial charge < -0.3 is 4.74 Å². The maximum absolute atomic E-state index is 11.4. The number of thiazole rings is 1. The Hall–Kier alpha value is -1.56. The molecule has 0 fully saturated rings. The summed E-state index contributed by atoms with van der Waals surface area (Å²) < 4.78 is 4.20. The summed E-state index contributed by atoms with van der Waals surface area (Å²) in [6.45, 7) is 1.80. The van der Waals surface area contributed by atoms with Crippen molar-refractivity contribution in [2.24, 2.45) is 0 Å². The van der Waals surface area contributed by atoms with Crippen molar-refractivity contribution in [3.8, 4) is 0 Å². The molecular weight excluding hydrogens is 218 g/mol. The van der Waals surface area contributed by atoms with E-state index in [0.29, 0.717) is 0 Å². The van der Waals surface area contributed by atoms with E-state index in [1.165, 1.54) is 11.3 Å². The number of esters is 1. The molecule has 15 heavy (non-hydrogen) atoms. The third kappa shape index (κ3) is 2.95. The van der Waals surface area contributed by atoms with Crippen molar-refractivity contribution in [3.05, 3.63) is 16.1 Å². The van der Waals surface area contributed by atoms with Gasteiger partial charge in [0.2, 0.25) is 5.78 Å². The highest BCUT2D eigenvalue weighted by Crippen LogP contribution is 2.13. The summed E-state index contributed by atoms with van der Waals surface area (Å²) in [4.78, 5) is 37.9. The van der Waals surface area contributed by atoms with Gasteiger partial charge in [-0.3, -0.25) is 9.59 Å². The first kappa shape index (κ1) is 11.5. The van der Waals surface area contributed by atoms with Crippen molar-refractivity contribution in [1.82, 2.24) is 4.98 Å². The molecule has 1 aromatic heterocycles. The van der Waals surface area contributed by atoms with Crippen LogP contribution in [0.5, 0.6) is 0 Å². The van der Waals surface area contributed by atoms with Gasteiger partial charge in [-0.2, -0.15) is 0 Å². The molecule has 0 saturated heterocycles. The molecule has 80 valence electrons. The number of hydrogen-bond acceptors (Lipinski definition) is 6. The lowest BCUT2D eigenvalue weighted by Gasteiger charge is -1.95. The number of hydrogen-bond donors (Lipinski definition) is 0. The quantitative estimate of drug-likeness (QED) is 0.329. The molecule has 0 aliphatic carbocycles. The van der Waals surface area contributed by atoms with Crippen molar-refractivity contribution in [3.63, 3.8) is 0 Å². The fourth-order valence-electron chi connectivity index (χ4n) is 0.891. The SMILES string of the molecule is COC(=O)C(=O)CC(=O)c1ncc(C)s1. The Morgan fingerprint density at radius 1 is 1.47 bits per heavy atom. The number of nitrogens with zero attached hydrogens (tertiary/aromatic N) is 1. The van der Waals surface area contributed by atoms with E-state index < -0.39 is 24.0 Å². The Balaban J connectivity index is 2.64. The Morgan fingerprint density at radius 2 is 2.13 bits per heavy atom. The van der Waals surface area contributed by atoms with Crippen LogP contribution in [0.1, 0.15) is 21.1 Å². The van der Waals surface area contributed by atoms with E-state index in [4.69, 9.17) is 0 Å². The molecule has 6 heteroatoms. The van der Waals surface area contributed by atoms with Crippen LogP contribution in [0, 0.1) is 6.92 Å². The molecule has 0 amide bonds. The topological polar surface area (TPSA) is 73.3 Å². The summed E-state index contributed by atoms with van der Waals surface area (Å²) in [6.07, 6.45) is 1.06. The van der Waals surface area contributed by atoms with E-state index in [-0.39, 0.29) is 5.01 Å². The van der Waals surface area contributed by atoms with Crippen molar-refractivity contribution in [1.29, 1.82) is 0 Å². The molecule has 0 N–H and O–H groups in total. The van der Waals surface area contributed by atoms with E-state index in [1.807, 2.05) is 0 Å². The Labute approximate surface area is 90.1 Å². The molecule has 0 aliphatic rings. The van der Waals surface area contributed by atoms with Crippen LogP contribution < -0.4 is 0 Å². The fraction of sp³-hybridized carbons (Fsp3) is 0.333. The lowest BCUT2D eigenvalue weighted by atomic mass is 10.2. The summed E-state index contributed by atoms with van der Waals surface area (Å²) in [7, 11) is 1.10. The standard InChI is InChI=1S/C9H9NO4S/c1-5-4-10-8(15-5)6(11)3-7(12)9(13)14-2/h4H,3H2,1-2H3. The van der Waals surface area contributed by atoms with Crippen LogP contribution in [0.25, 0.3) is 0 Å². The number of aromatic nitrogens is 1. The Morgan fingerprint density at radius 3 is 2.60 bits per heavy atom. The van der Waals surface area contributed by atoms with Gasteiger partial charge in [0.25, 0.3) is 0 Å². The first-order valence-corrected chi connectivity index (χ1v) is 4.93. The molecular formula is C9H9NO4S. The molecule has 0 atom stereocenters.